The summed E-state index contributed by atoms with van der Waals surface area (Å²) in [6, 6.07) is 4.16. The standard InChI is InChI=1S/C15H23NO2/c1-5-12(3)16(13(4)6-2)15(17)10-9-14-8-7-11-18-14/h7-13H,5-6H2,1-4H3/b10-9+. The normalized spacial score (nSPS) is 14.7. The summed E-state index contributed by atoms with van der Waals surface area (Å²) in [5.74, 6) is 0.756. The Kier molecular flexibility index (Phi) is 5.69. The molecule has 18 heavy (non-hydrogen) atoms. The van der Waals surface area contributed by atoms with E-state index in [2.05, 4.69) is 27.7 Å². The van der Waals surface area contributed by atoms with Crippen molar-refractivity contribution < 1.29 is 9.21 Å². The van der Waals surface area contributed by atoms with Crippen molar-refractivity contribution in [2.45, 2.75) is 52.6 Å². The first-order valence-electron chi connectivity index (χ1n) is 6.64. The van der Waals surface area contributed by atoms with E-state index in [-0.39, 0.29) is 18.0 Å². The van der Waals surface area contributed by atoms with E-state index in [4.69, 9.17) is 4.42 Å². The van der Waals surface area contributed by atoms with Gasteiger partial charge in [0.2, 0.25) is 5.91 Å². The third kappa shape index (κ3) is 3.76. The van der Waals surface area contributed by atoms with Gasteiger partial charge in [0.25, 0.3) is 0 Å². The predicted molar refractivity (Wildman–Crippen MR) is 74.1 cm³/mol. The molecule has 0 fully saturated rings. The van der Waals surface area contributed by atoms with Crippen LogP contribution in [0.4, 0.5) is 0 Å². The lowest BCUT2D eigenvalue weighted by Crippen LogP contribution is -2.43. The average Bonchev–Trinajstić information content (AvgIpc) is 2.89. The van der Waals surface area contributed by atoms with E-state index in [1.807, 2.05) is 17.0 Å². The van der Waals surface area contributed by atoms with Crippen molar-refractivity contribution in [2.75, 3.05) is 0 Å². The van der Waals surface area contributed by atoms with Crippen molar-refractivity contribution in [1.82, 2.24) is 4.90 Å². The van der Waals surface area contributed by atoms with E-state index in [9.17, 15) is 4.79 Å². The van der Waals surface area contributed by atoms with Crippen LogP contribution in [0.1, 0.15) is 46.3 Å². The lowest BCUT2D eigenvalue weighted by atomic mass is 10.1. The highest BCUT2D eigenvalue weighted by atomic mass is 16.3. The van der Waals surface area contributed by atoms with Crippen LogP contribution >= 0.6 is 0 Å². The van der Waals surface area contributed by atoms with Gasteiger partial charge in [-0.3, -0.25) is 4.79 Å². The number of hydrogen-bond donors (Lipinski definition) is 0. The lowest BCUT2D eigenvalue weighted by Gasteiger charge is -2.33. The van der Waals surface area contributed by atoms with Crippen molar-refractivity contribution in [3.63, 3.8) is 0 Å². The van der Waals surface area contributed by atoms with Gasteiger partial charge in [-0.15, -0.1) is 0 Å². The number of carbonyl (C=O) groups excluding carboxylic acids is 1. The van der Waals surface area contributed by atoms with Crippen LogP contribution in [0.2, 0.25) is 0 Å². The van der Waals surface area contributed by atoms with E-state index >= 15 is 0 Å². The van der Waals surface area contributed by atoms with Gasteiger partial charge < -0.3 is 9.32 Å². The van der Waals surface area contributed by atoms with Gasteiger partial charge in [0.1, 0.15) is 5.76 Å². The van der Waals surface area contributed by atoms with Crippen molar-refractivity contribution in [1.29, 1.82) is 0 Å². The maximum Gasteiger partial charge on any atom is 0.247 e. The summed E-state index contributed by atoms with van der Waals surface area (Å²) >= 11 is 0. The van der Waals surface area contributed by atoms with Gasteiger partial charge in [0, 0.05) is 18.2 Å². The smallest absolute Gasteiger partial charge is 0.247 e. The predicted octanol–water partition coefficient (Wildman–Crippen LogP) is 3.72. The Morgan fingerprint density at radius 1 is 1.33 bits per heavy atom. The third-order valence-corrected chi connectivity index (χ3v) is 3.32. The van der Waals surface area contributed by atoms with Gasteiger partial charge >= 0.3 is 0 Å². The van der Waals surface area contributed by atoms with Crippen molar-refractivity contribution in [2.24, 2.45) is 0 Å². The maximum atomic E-state index is 12.2. The number of carbonyl (C=O) groups is 1. The minimum absolute atomic E-state index is 0.0510. The first-order valence-corrected chi connectivity index (χ1v) is 6.64. The van der Waals surface area contributed by atoms with Crippen LogP contribution < -0.4 is 0 Å². The molecule has 1 aromatic heterocycles. The molecule has 1 heterocycles. The zero-order valence-electron chi connectivity index (χ0n) is 11.7. The Bertz CT molecular complexity index is 371. The summed E-state index contributed by atoms with van der Waals surface area (Å²) in [5, 5.41) is 0. The first-order chi connectivity index (χ1) is 8.60. The summed E-state index contributed by atoms with van der Waals surface area (Å²) < 4.78 is 5.18. The summed E-state index contributed by atoms with van der Waals surface area (Å²) in [4.78, 5) is 14.2. The molecular formula is C15H23NO2. The topological polar surface area (TPSA) is 33.5 Å². The third-order valence-electron chi connectivity index (χ3n) is 3.32. The number of amides is 1. The van der Waals surface area contributed by atoms with Gasteiger partial charge in [-0.25, -0.2) is 0 Å². The van der Waals surface area contributed by atoms with Crippen LogP contribution in [0.15, 0.2) is 28.9 Å². The molecule has 100 valence electrons. The second kappa shape index (κ2) is 7.04. The van der Waals surface area contributed by atoms with Crippen LogP contribution in [-0.4, -0.2) is 22.9 Å². The molecule has 2 unspecified atom stereocenters. The summed E-state index contributed by atoms with van der Waals surface area (Å²) in [7, 11) is 0. The van der Waals surface area contributed by atoms with Gasteiger partial charge in [-0.05, 0) is 44.9 Å². The molecule has 0 aliphatic carbocycles. The largest absolute Gasteiger partial charge is 0.465 e. The van der Waals surface area contributed by atoms with E-state index < -0.39 is 0 Å². The first kappa shape index (κ1) is 14.6. The minimum Gasteiger partial charge on any atom is -0.465 e. The Hall–Kier alpha value is -1.51. The number of rotatable bonds is 6. The Morgan fingerprint density at radius 3 is 2.39 bits per heavy atom. The fourth-order valence-corrected chi connectivity index (χ4v) is 1.89. The average molecular weight is 249 g/mol. The van der Waals surface area contributed by atoms with Gasteiger partial charge in [-0.2, -0.15) is 0 Å². The summed E-state index contributed by atoms with van der Waals surface area (Å²) in [5.41, 5.74) is 0. The molecule has 3 heteroatoms. The number of hydrogen-bond acceptors (Lipinski definition) is 2. The zero-order valence-corrected chi connectivity index (χ0v) is 11.7. The molecule has 3 nitrogen and oxygen atoms in total. The molecule has 2 atom stereocenters. The monoisotopic (exact) mass is 249 g/mol. The molecule has 1 amide bonds. The highest BCUT2D eigenvalue weighted by Crippen LogP contribution is 2.13. The van der Waals surface area contributed by atoms with Gasteiger partial charge in [0.15, 0.2) is 0 Å². The molecule has 0 spiro atoms. The molecule has 0 bridgehead atoms. The van der Waals surface area contributed by atoms with Crippen LogP contribution in [0, 0.1) is 0 Å². The highest BCUT2D eigenvalue weighted by molar-refractivity contribution is 5.91. The molecule has 0 saturated heterocycles. The Labute approximate surface area is 109 Å². The van der Waals surface area contributed by atoms with Crippen molar-refractivity contribution >= 4 is 12.0 Å². The fraction of sp³-hybridized carbons (Fsp3) is 0.533. The van der Waals surface area contributed by atoms with E-state index in [0.717, 1.165) is 12.8 Å². The second-order valence-corrected chi connectivity index (χ2v) is 4.61. The molecule has 1 rings (SSSR count). The summed E-state index contributed by atoms with van der Waals surface area (Å²) in [6.45, 7) is 8.38. The van der Waals surface area contributed by atoms with E-state index in [1.165, 1.54) is 0 Å². The van der Waals surface area contributed by atoms with Crippen LogP contribution in [0.25, 0.3) is 6.08 Å². The zero-order chi connectivity index (χ0) is 13.5. The lowest BCUT2D eigenvalue weighted by molar-refractivity contribution is -0.130. The molecule has 0 radical (unpaired) electrons. The maximum absolute atomic E-state index is 12.2. The van der Waals surface area contributed by atoms with Crippen LogP contribution in [0.3, 0.4) is 0 Å². The summed E-state index contributed by atoms with van der Waals surface area (Å²) in [6.07, 6.45) is 6.85. The van der Waals surface area contributed by atoms with Gasteiger partial charge in [0.05, 0.1) is 6.26 Å². The fourth-order valence-electron chi connectivity index (χ4n) is 1.89. The Balaban J connectivity index is 2.76. The van der Waals surface area contributed by atoms with Gasteiger partial charge in [-0.1, -0.05) is 13.8 Å². The molecule has 0 N–H and O–H groups in total. The Morgan fingerprint density at radius 2 is 1.94 bits per heavy atom. The van der Waals surface area contributed by atoms with Crippen LogP contribution in [-0.2, 0) is 4.79 Å². The number of furan rings is 1. The minimum atomic E-state index is 0.0510. The van der Waals surface area contributed by atoms with E-state index in [0.29, 0.717) is 5.76 Å². The molecule has 0 aromatic carbocycles. The molecule has 0 aliphatic heterocycles. The molecule has 1 aromatic rings. The molecular weight excluding hydrogens is 226 g/mol. The van der Waals surface area contributed by atoms with Crippen molar-refractivity contribution in [3.8, 4) is 0 Å². The molecule has 0 aliphatic rings. The highest BCUT2D eigenvalue weighted by Gasteiger charge is 2.21. The SMILES string of the molecule is CCC(C)N(C(=O)/C=C/c1ccco1)C(C)CC. The van der Waals surface area contributed by atoms with Crippen molar-refractivity contribution in [3.05, 3.63) is 30.2 Å². The van der Waals surface area contributed by atoms with E-state index in [1.54, 1.807) is 18.4 Å². The number of nitrogens with zero attached hydrogens (tertiary/aromatic N) is 1. The van der Waals surface area contributed by atoms with Crippen LogP contribution in [0.5, 0.6) is 0 Å². The molecule has 0 saturated carbocycles. The quantitative estimate of drug-likeness (QED) is 0.720. The second-order valence-electron chi connectivity index (χ2n) is 4.61.